The van der Waals surface area contributed by atoms with Crippen molar-refractivity contribution in [2.45, 2.75) is 13.3 Å². The van der Waals surface area contributed by atoms with Gasteiger partial charge < -0.3 is 5.32 Å². The van der Waals surface area contributed by atoms with Gasteiger partial charge in [0.1, 0.15) is 0 Å². The van der Waals surface area contributed by atoms with Crippen LogP contribution in [0.3, 0.4) is 0 Å². The van der Waals surface area contributed by atoms with Crippen LogP contribution < -0.4 is 5.32 Å². The van der Waals surface area contributed by atoms with Crippen LogP contribution in [0.4, 0.5) is 5.13 Å². The van der Waals surface area contributed by atoms with E-state index in [1.54, 1.807) is 18.2 Å². The van der Waals surface area contributed by atoms with Crippen LogP contribution in [0.5, 0.6) is 0 Å². The van der Waals surface area contributed by atoms with Crippen LogP contribution >= 0.6 is 46.1 Å². The summed E-state index contributed by atoms with van der Waals surface area (Å²) in [6, 6.07) is 12.6. The van der Waals surface area contributed by atoms with Crippen molar-refractivity contribution < 1.29 is 4.79 Å². The highest BCUT2D eigenvalue weighted by Gasteiger charge is 2.15. The van der Waals surface area contributed by atoms with Crippen LogP contribution in [0.1, 0.15) is 10.4 Å². The van der Waals surface area contributed by atoms with Gasteiger partial charge in [0.15, 0.2) is 5.13 Å². The molecular formula is C18H13Cl3N2OS. The maximum Gasteiger partial charge on any atom is 0.230 e. The third-order valence-electron chi connectivity index (χ3n) is 3.56. The van der Waals surface area contributed by atoms with Crippen LogP contribution in [-0.4, -0.2) is 10.9 Å². The number of hydrogen-bond acceptors (Lipinski definition) is 3. The van der Waals surface area contributed by atoms with Crippen molar-refractivity contribution in [3.8, 4) is 11.3 Å². The Morgan fingerprint density at radius 1 is 1.08 bits per heavy atom. The van der Waals surface area contributed by atoms with Gasteiger partial charge in [-0.1, -0.05) is 53.0 Å². The highest BCUT2D eigenvalue weighted by atomic mass is 35.5. The van der Waals surface area contributed by atoms with Crippen molar-refractivity contribution in [1.82, 2.24) is 4.98 Å². The van der Waals surface area contributed by atoms with E-state index in [0.29, 0.717) is 25.8 Å². The molecule has 3 aromatic rings. The maximum atomic E-state index is 12.3. The molecule has 2 aromatic carbocycles. The highest BCUT2D eigenvalue weighted by Crippen LogP contribution is 2.31. The normalized spacial score (nSPS) is 10.7. The van der Waals surface area contributed by atoms with Crippen molar-refractivity contribution >= 4 is 57.2 Å². The van der Waals surface area contributed by atoms with E-state index in [1.165, 1.54) is 11.3 Å². The molecule has 0 aliphatic carbocycles. The lowest BCUT2D eigenvalue weighted by molar-refractivity contribution is -0.115. The van der Waals surface area contributed by atoms with E-state index in [9.17, 15) is 4.79 Å². The Kier molecular flexibility index (Phi) is 5.64. The molecule has 0 atom stereocenters. The standard InChI is InChI=1S/C18H13Cl3N2OS/c1-10-17(11-5-7-12(19)8-6-11)23-18(25-10)22-16(24)9-13-14(20)3-2-4-15(13)21/h2-8H,9H2,1H3,(H,22,23,24). The fraction of sp³-hybridized carbons (Fsp3) is 0.111. The number of aryl methyl sites for hydroxylation is 1. The van der Waals surface area contributed by atoms with Gasteiger partial charge in [0.05, 0.1) is 12.1 Å². The molecule has 1 N–H and O–H groups in total. The molecule has 128 valence electrons. The van der Waals surface area contributed by atoms with Crippen molar-refractivity contribution in [1.29, 1.82) is 0 Å². The van der Waals surface area contributed by atoms with Crippen molar-refractivity contribution in [3.63, 3.8) is 0 Å². The Hall–Kier alpha value is -1.59. The molecule has 0 fully saturated rings. The molecule has 0 radical (unpaired) electrons. The van der Waals surface area contributed by atoms with Gasteiger partial charge in [-0.15, -0.1) is 11.3 Å². The predicted molar refractivity (Wildman–Crippen MR) is 106 cm³/mol. The molecule has 0 unspecified atom stereocenters. The van der Waals surface area contributed by atoms with Gasteiger partial charge >= 0.3 is 0 Å². The second-order valence-electron chi connectivity index (χ2n) is 5.36. The third kappa shape index (κ3) is 4.33. The Bertz CT molecular complexity index is 902. The van der Waals surface area contributed by atoms with Crippen molar-refractivity contribution in [2.24, 2.45) is 0 Å². The Morgan fingerprint density at radius 2 is 1.72 bits per heavy atom. The summed E-state index contributed by atoms with van der Waals surface area (Å²) in [6.07, 6.45) is 0.0907. The van der Waals surface area contributed by atoms with Gasteiger partial charge in [0, 0.05) is 25.5 Å². The Labute approximate surface area is 164 Å². The summed E-state index contributed by atoms with van der Waals surface area (Å²) in [5.74, 6) is -0.216. The third-order valence-corrected chi connectivity index (χ3v) is 5.41. The van der Waals surface area contributed by atoms with Gasteiger partial charge in [-0.05, 0) is 36.8 Å². The Morgan fingerprint density at radius 3 is 2.36 bits per heavy atom. The number of hydrogen-bond donors (Lipinski definition) is 1. The molecule has 0 spiro atoms. The molecule has 3 rings (SSSR count). The minimum Gasteiger partial charge on any atom is -0.302 e. The summed E-state index contributed by atoms with van der Waals surface area (Å²) in [5, 5.41) is 4.96. The molecule has 3 nitrogen and oxygen atoms in total. The van der Waals surface area contributed by atoms with Gasteiger partial charge in [-0.3, -0.25) is 4.79 Å². The smallest absolute Gasteiger partial charge is 0.230 e. The average Bonchev–Trinajstić information content (AvgIpc) is 2.92. The van der Waals surface area contributed by atoms with Gasteiger partial charge in [-0.25, -0.2) is 4.98 Å². The first-order chi connectivity index (χ1) is 11.9. The first-order valence-corrected chi connectivity index (χ1v) is 9.35. The van der Waals surface area contributed by atoms with E-state index in [0.717, 1.165) is 16.1 Å². The zero-order valence-electron chi connectivity index (χ0n) is 13.1. The zero-order valence-corrected chi connectivity index (χ0v) is 16.2. The number of anilines is 1. The number of carbonyl (C=O) groups is 1. The number of aromatic nitrogens is 1. The number of nitrogens with zero attached hydrogens (tertiary/aromatic N) is 1. The van der Waals surface area contributed by atoms with Crippen molar-refractivity contribution in [3.05, 3.63) is 68.0 Å². The Balaban J connectivity index is 1.76. The summed E-state index contributed by atoms with van der Waals surface area (Å²) in [7, 11) is 0. The molecule has 1 heterocycles. The molecule has 25 heavy (non-hydrogen) atoms. The average molecular weight is 412 g/mol. The fourth-order valence-electron chi connectivity index (χ4n) is 2.35. The van der Waals surface area contributed by atoms with Crippen LogP contribution in [0.15, 0.2) is 42.5 Å². The minimum absolute atomic E-state index is 0.0907. The van der Waals surface area contributed by atoms with Crippen LogP contribution in [0, 0.1) is 6.92 Å². The molecule has 0 aliphatic heterocycles. The number of carbonyl (C=O) groups excluding carboxylic acids is 1. The largest absolute Gasteiger partial charge is 0.302 e. The maximum absolute atomic E-state index is 12.3. The van der Waals surface area contributed by atoms with Crippen LogP contribution in [-0.2, 0) is 11.2 Å². The lowest BCUT2D eigenvalue weighted by atomic mass is 10.1. The number of amides is 1. The van der Waals surface area contributed by atoms with E-state index >= 15 is 0 Å². The highest BCUT2D eigenvalue weighted by molar-refractivity contribution is 7.16. The van der Waals surface area contributed by atoms with Gasteiger partial charge in [0.25, 0.3) is 0 Å². The second-order valence-corrected chi connectivity index (χ2v) is 7.81. The van der Waals surface area contributed by atoms with Crippen molar-refractivity contribution in [2.75, 3.05) is 5.32 Å². The summed E-state index contributed by atoms with van der Waals surface area (Å²) in [4.78, 5) is 17.8. The van der Waals surface area contributed by atoms with E-state index in [2.05, 4.69) is 10.3 Å². The molecule has 1 amide bonds. The summed E-state index contributed by atoms with van der Waals surface area (Å²) >= 11 is 19.6. The number of rotatable bonds is 4. The van der Waals surface area contributed by atoms with Gasteiger partial charge in [0.2, 0.25) is 5.91 Å². The van der Waals surface area contributed by atoms with E-state index < -0.39 is 0 Å². The number of halogens is 3. The number of nitrogens with one attached hydrogen (secondary N) is 1. The number of thiazole rings is 1. The van der Waals surface area contributed by atoms with E-state index in [1.807, 2.05) is 31.2 Å². The minimum atomic E-state index is -0.216. The monoisotopic (exact) mass is 410 g/mol. The quantitative estimate of drug-likeness (QED) is 0.550. The van der Waals surface area contributed by atoms with Crippen LogP contribution in [0.25, 0.3) is 11.3 Å². The number of benzene rings is 2. The summed E-state index contributed by atoms with van der Waals surface area (Å²) in [5.41, 5.74) is 2.38. The van der Waals surface area contributed by atoms with Gasteiger partial charge in [-0.2, -0.15) is 0 Å². The molecule has 0 aliphatic rings. The molecule has 0 saturated carbocycles. The molecule has 1 aromatic heterocycles. The predicted octanol–water partition coefficient (Wildman–Crippen LogP) is 6.26. The topological polar surface area (TPSA) is 42.0 Å². The zero-order chi connectivity index (χ0) is 18.0. The fourth-order valence-corrected chi connectivity index (χ4v) is 3.86. The lowest BCUT2D eigenvalue weighted by Gasteiger charge is -2.06. The van der Waals surface area contributed by atoms with Crippen LogP contribution in [0.2, 0.25) is 15.1 Å². The molecule has 7 heteroatoms. The molecular weight excluding hydrogens is 399 g/mol. The molecule has 0 bridgehead atoms. The first-order valence-electron chi connectivity index (χ1n) is 7.40. The second kappa shape index (κ2) is 7.75. The first kappa shape index (κ1) is 18.2. The van der Waals surface area contributed by atoms with E-state index in [4.69, 9.17) is 34.8 Å². The lowest BCUT2D eigenvalue weighted by Crippen LogP contribution is -2.14. The SMILES string of the molecule is Cc1sc(NC(=O)Cc2c(Cl)cccc2Cl)nc1-c1ccc(Cl)cc1. The van der Waals surface area contributed by atoms with E-state index in [-0.39, 0.29) is 12.3 Å². The summed E-state index contributed by atoms with van der Waals surface area (Å²) < 4.78 is 0. The molecule has 0 saturated heterocycles. The summed E-state index contributed by atoms with van der Waals surface area (Å²) in [6.45, 7) is 1.96.